The molecular weight excluding hydrogens is 506 g/mol. The third kappa shape index (κ3) is 26.5. The second-order valence-corrected chi connectivity index (χ2v) is 11.1. The molecule has 0 spiro atoms. The Labute approximate surface area is 219 Å². The molecule has 0 aliphatic carbocycles. The summed E-state index contributed by atoms with van der Waals surface area (Å²) in [6, 6.07) is 10.3. The van der Waals surface area contributed by atoms with Crippen LogP contribution in [0.4, 0.5) is 0 Å². The first-order valence-corrected chi connectivity index (χ1v) is 14.2. The summed E-state index contributed by atoms with van der Waals surface area (Å²) in [4.78, 5) is 19.8. The van der Waals surface area contributed by atoms with E-state index in [1.165, 1.54) is 0 Å². The van der Waals surface area contributed by atoms with Gasteiger partial charge in [-0.25, -0.2) is 0 Å². The van der Waals surface area contributed by atoms with Gasteiger partial charge in [-0.1, -0.05) is 63.4 Å². The molecule has 36 heavy (non-hydrogen) atoms. The van der Waals surface area contributed by atoms with Crippen LogP contribution in [0.15, 0.2) is 24.3 Å². The van der Waals surface area contributed by atoms with Crippen molar-refractivity contribution in [1.82, 2.24) is 16.0 Å². The van der Waals surface area contributed by atoms with E-state index >= 15 is 0 Å². The Hall–Kier alpha value is -2.14. The van der Waals surface area contributed by atoms with Crippen molar-refractivity contribution >= 4 is 32.6 Å². The lowest BCUT2D eigenvalue weighted by atomic mass is 10.2. The Morgan fingerprint density at radius 2 is 1.72 bits per heavy atom. The van der Waals surface area contributed by atoms with Gasteiger partial charge in [0.05, 0.1) is 13.2 Å². The third-order valence-electron chi connectivity index (χ3n) is 3.63. The smallest absolute Gasteiger partial charge is 0.322 e. The molecule has 1 aromatic carbocycles. The van der Waals surface area contributed by atoms with Gasteiger partial charge in [0.25, 0.3) is 0 Å². The Bertz CT molecular complexity index is 853. The molecule has 0 bridgehead atoms. The number of ether oxygens (including phenoxy) is 2. The summed E-state index contributed by atoms with van der Waals surface area (Å²) in [5.74, 6) is 3.41. The molecule has 0 saturated carbocycles. The maximum absolute atomic E-state index is 11.0. The maximum Gasteiger partial charge on any atom is 0.322 e. The number of carbonyl (C=O) groups excluding carboxylic acids is 2. The van der Waals surface area contributed by atoms with Gasteiger partial charge in [-0.05, 0) is 12.5 Å². The van der Waals surface area contributed by atoms with Crippen molar-refractivity contribution in [1.29, 1.82) is 0 Å². The predicted molar refractivity (Wildman–Crippen MR) is 145 cm³/mol. The molecule has 1 atom stereocenters. The van der Waals surface area contributed by atoms with Crippen LogP contribution in [0.1, 0.15) is 44.3 Å². The first-order chi connectivity index (χ1) is 17.0. The third-order valence-corrected chi connectivity index (χ3v) is 5.71. The van der Waals surface area contributed by atoms with Crippen LogP contribution in [0.2, 0.25) is 0 Å². The Morgan fingerprint density at radius 1 is 1.08 bits per heavy atom. The van der Waals surface area contributed by atoms with Crippen molar-refractivity contribution in [3.8, 4) is 12.0 Å². The van der Waals surface area contributed by atoms with E-state index in [4.69, 9.17) is 14.0 Å². The van der Waals surface area contributed by atoms with E-state index in [0.29, 0.717) is 47.6 Å². The van der Waals surface area contributed by atoms with Gasteiger partial charge in [-0.15, -0.1) is 0 Å². The van der Waals surface area contributed by atoms with Gasteiger partial charge >= 0.3 is 9.15 Å². The Kier molecular flexibility index (Phi) is 23.3. The molecule has 0 aromatic heterocycles. The minimum Gasteiger partial charge on any atom is -0.372 e. The van der Waals surface area contributed by atoms with Crippen molar-refractivity contribution in [2.24, 2.45) is 5.92 Å². The predicted octanol–water partition coefficient (Wildman–Crippen LogP) is 2.31. The van der Waals surface area contributed by atoms with Crippen LogP contribution in [-0.2, 0) is 28.2 Å². The Morgan fingerprint density at radius 3 is 2.17 bits per heavy atom. The van der Waals surface area contributed by atoms with Crippen molar-refractivity contribution in [2.45, 2.75) is 46.1 Å². The molecule has 0 aliphatic heterocycles. The molecule has 1 unspecified atom stereocenters. The fraction of sp³-hybridized carbons (Fsp3) is 0.583. The summed E-state index contributed by atoms with van der Waals surface area (Å²) in [5.41, 5.74) is 0.790. The van der Waals surface area contributed by atoms with Crippen LogP contribution >= 0.6 is 10.8 Å². The summed E-state index contributed by atoms with van der Waals surface area (Å²) in [5, 5.41) is 8.46. The molecule has 10 nitrogen and oxygen atoms in total. The van der Waals surface area contributed by atoms with E-state index in [2.05, 4.69) is 55.6 Å². The largest absolute Gasteiger partial charge is 0.372 e. The molecule has 0 fully saturated rings. The minimum atomic E-state index is -4.23. The first-order valence-electron chi connectivity index (χ1n) is 11.4. The molecular formula is C24H41N3O7S2. The topological polar surface area (TPSA) is 143 Å². The lowest BCUT2D eigenvalue weighted by Gasteiger charge is -2.16. The SMILES string of the molecule is CC(C)NCCNC=O.CNC#CC(C)C.Cc1ccc(C(OCCOCC=O)SS(=O)(=O)O)cc1. The fourth-order valence-corrected chi connectivity index (χ4v) is 3.87. The zero-order valence-electron chi connectivity index (χ0n) is 21.9. The van der Waals surface area contributed by atoms with Crippen molar-refractivity contribution < 1.29 is 32.0 Å². The van der Waals surface area contributed by atoms with E-state index in [-0.39, 0.29) is 19.8 Å². The van der Waals surface area contributed by atoms with Crippen LogP contribution in [0, 0.1) is 24.8 Å². The highest BCUT2D eigenvalue weighted by atomic mass is 33.1. The first kappa shape index (κ1) is 36.0. The number of rotatable bonds is 14. The molecule has 206 valence electrons. The highest BCUT2D eigenvalue weighted by molar-refractivity contribution is 8.69. The maximum atomic E-state index is 11.0. The molecule has 0 saturated heterocycles. The van der Waals surface area contributed by atoms with Gasteiger partial charge in [0, 0.05) is 48.9 Å². The van der Waals surface area contributed by atoms with Gasteiger partial charge in [0.15, 0.2) is 0 Å². The van der Waals surface area contributed by atoms with Crippen molar-refractivity contribution in [3.05, 3.63) is 35.4 Å². The van der Waals surface area contributed by atoms with Crippen molar-refractivity contribution in [2.75, 3.05) is 40.0 Å². The molecule has 12 heteroatoms. The van der Waals surface area contributed by atoms with Crippen LogP contribution in [0.25, 0.3) is 0 Å². The number of hydrogen-bond donors (Lipinski definition) is 4. The molecule has 0 aliphatic rings. The van der Waals surface area contributed by atoms with Crippen LogP contribution in [0.5, 0.6) is 0 Å². The minimum absolute atomic E-state index is 0.0377. The average Bonchev–Trinajstić information content (AvgIpc) is 2.80. The number of aldehydes is 1. The second-order valence-electron chi connectivity index (χ2n) is 7.73. The number of amides is 1. The fourth-order valence-electron chi connectivity index (χ4n) is 2.07. The highest BCUT2D eigenvalue weighted by Crippen LogP contribution is 2.33. The lowest BCUT2D eigenvalue weighted by molar-refractivity contribution is -0.112. The number of carbonyl (C=O) groups is 2. The van der Waals surface area contributed by atoms with Gasteiger partial charge in [0.1, 0.15) is 18.3 Å². The molecule has 1 amide bonds. The Balaban J connectivity index is 0. The summed E-state index contributed by atoms with van der Waals surface area (Å²) >= 11 is 0. The zero-order chi connectivity index (χ0) is 27.8. The monoisotopic (exact) mass is 547 g/mol. The van der Waals surface area contributed by atoms with Crippen LogP contribution in [-0.4, -0.2) is 71.7 Å². The lowest BCUT2D eigenvalue weighted by Crippen LogP contribution is -2.30. The second kappa shape index (κ2) is 23.3. The molecule has 1 aromatic rings. The number of aryl methyl sites for hydroxylation is 1. The highest BCUT2D eigenvalue weighted by Gasteiger charge is 2.20. The van der Waals surface area contributed by atoms with E-state index in [0.717, 1.165) is 12.1 Å². The van der Waals surface area contributed by atoms with Gasteiger partial charge in [-0.3, -0.25) is 9.35 Å². The van der Waals surface area contributed by atoms with Crippen LogP contribution in [0.3, 0.4) is 0 Å². The molecule has 0 radical (unpaired) electrons. The van der Waals surface area contributed by atoms with E-state index in [9.17, 15) is 18.0 Å². The van der Waals surface area contributed by atoms with E-state index in [1.54, 1.807) is 12.1 Å². The van der Waals surface area contributed by atoms with Gasteiger partial charge < -0.3 is 30.2 Å². The molecule has 1 rings (SSSR count). The summed E-state index contributed by atoms with van der Waals surface area (Å²) < 4.78 is 41.2. The zero-order valence-corrected chi connectivity index (χ0v) is 23.6. The summed E-state index contributed by atoms with van der Waals surface area (Å²) in [7, 11) is -2.11. The number of hydrogen-bond acceptors (Lipinski definition) is 9. The summed E-state index contributed by atoms with van der Waals surface area (Å²) in [6.07, 6.45) is 1.33. The number of benzene rings is 1. The molecule has 0 heterocycles. The van der Waals surface area contributed by atoms with Gasteiger partial charge in [0.2, 0.25) is 6.41 Å². The normalized spacial score (nSPS) is 11.1. The van der Waals surface area contributed by atoms with Crippen LogP contribution < -0.4 is 16.0 Å². The average molecular weight is 548 g/mol. The number of nitrogens with one attached hydrogen (secondary N) is 3. The van der Waals surface area contributed by atoms with Gasteiger partial charge in [-0.2, -0.15) is 8.42 Å². The summed E-state index contributed by atoms with van der Waals surface area (Å²) in [6.45, 7) is 11.9. The van der Waals surface area contributed by atoms with E-state index < -0.39 is 14.6 Å². The quantitative estimate of drug-likeness (QED) is 0.0521. The van der Waals surface area contributed by atoms with E-state index in [1.807, 2.05) is 26.1 Å². The van der Waals surface area contributed by atoms with Crippen molar-refractivity contribution in [3.63, 3.8) is 0 Å². The molecule has 4 N–H and O–H groups in total. The standard InChI is InChI=1S/C12H16O6S2.C6H14N2O.C6H11N/c1-10-2-4-11(5-3-10)12(19-20(14,15)16)18-9-8-17-7-6-13;1-6(2)8-4-3-7-5-9;1-6(2)4-5-7-3/h2-6,12H,7-9H2,1H3,(H,14,15,16);5-6,8H,3-4H2,1-2H3,(H,7,9);6-7H,1-3H3.